The Labute approximate surface area is 172 Å². The van der Waals surface area contributed by atoms with Crippen LogP contribution in [0.4, 0.5) is 4.79 Å². The summed E-state index contributed by atoms with van der Waals surface area (Å²) in [6.45, 7) is 4.79. The summed E-state index contributed by atoms with van der Waals surface area (Å²) in [5.74, 6) is 2.40. The van der Waals surface area contributed by atoms with E-state index in [0.29, 0.717) is 12.8 Å². The van der Waals surface area contributed by atoms with Gasteiger partial charge in [0.2, 0.25) is 5.91 Å². The molecule has 2 rings (SSSR count). The second-order valence-electron chi connectivity index (χ2n) is 7.80. The Morgan fingerprint density at radius 1 is 1.31 bits per heavy atom. The summed E-state index contributed by atoms with van der Waals surface area (Å²) < 4.78 is 5.23. The number of rotatable bonds is 9. The van der Waals surface area contributed by atoms with Crippen LogP contribution < -0.4 is 16.0 Å². The smallest absolute Gasteiger partial charge is 0.408 e. The van der Waals surface area contributed by atoms with Crippen molar-refractivity contribution in [2.45, 2.75) is 58.0 Å². The third-order valence-electron chi connectivity index (χ3n) is 4.90. The molecular formula is C22H31N3O4. The summed E-state index contributed by atoms with van der Waals surface area (Å²) in [5.41, 5.74) is 0.864. The molecule has 7 nitrogen and oxygen atoms in total. The van der Waals surface area contributed by atoms with Gasteiger partial charge in [0.05, 0.1) is 6.04 Å². The second kappa shape index (κ2) is 11.4. The molecule has 1 saturated heterocycles. The average Bonchev–Trinajstić information content (AvgIpc) is 3.10. The molecule has 0 radical (unpaired) electrons. The first kappa shape index (κ1) is 22.7. The fraction of sp³-hybridized carbons (Fsp3) is 0.545. The van der Waals surface area contributed by atoms with Crippen molar-refractivity contribution >= 4 is 12.0 Å². The van der Waals surface area contributed by atoms with E-state index in [-0.39, 0.29) is 24.3 Å². The highest BCUT2D eigenvalue weighted by atomic mass is 16.5. The summed E-state index contributed by atoms with van der Waals surface area (Å²) in [6, 6.07) is 8.06. The van der Waals surface area contributed by atoms with Crippen LogP contribution in [0.3, 0.4) is 0 Å². The Morgan fingerprint density at radius 2 is 2.03 bits per heavy atom. The third kappa shape index (κ3) is 7.76. The number of carbonyl (C=O) groups excluding carboxylic acids is 2. The van der Waals surface area contributed by atoms with Crippen LogP contribution >= 0.6 is 0 Å². The minimum Gasteiger partial charge on any atom is -0.445 e. The molecule has 0 bridgehead atoms. The number of hydrogen-bond donors (Lipinski definition) is 4. The van der Waals surface area contributed by atoms with Gasteiger partial charge in [-0.3, -0.25) is 10.1 Å². The number of hydrogen-bond acceptors (Lipinski definition) is 5. The van der Waals surface area contributed by atoms with Crippen LogP contribution in [0.5, 0.6) is 0 Å². The molecule has 1 unspecified atom stereocenters. The number of nitrogens with one attached hydrogen (secondary N) is 3. The summed E-state index contributed by atoms with van der Waals surface area (Å²) in [4.78, 5) is 25.0. The highest BCUT2D eigenvalue weighted by Gasteiger charge is 2.29. The Kier molecular flexibility index (Phi) is 8.97. The Morgan fingerprint density at radius 3 is 2.62 bits per heavy atom. The quantitative estimate of drug-likeness (QED) is 0.473. The largest absolute Gasteiger partial charge is 0.445 e. The van der Waals surface area contributed by atoms with Crippen molar-refractivity contribution < 1.29 is 19.4 Å². The molecule has 1 aliphatic heterocycles. The predicted octanol–water partition coefficient (Wildman–Crippen LogP) is 1.76. The fourth-order valence-corrected chi connectivity index (χ4v) is 3.34. The number of amides is 2. The van der Waals surface area contributed by atoms with Crippen LogP contribution in [0, 0.1) is 24.2 Å². The fourth-order valence-electron chi connectivity index (χ4n) is 3.34. The first-order chi connectivity index (χ1) is 13.9. The van der Waals surface area contributed by atoms with Gasteiger partial charge in [0.15, 0.2) is 0 Å². The lowest BCUT2D eigenvalue weighted by atomic mass is 9.97. The van der Waals surface area contributed by atoms with E-state index in [1.54, 1.807) is 0 Å². The van der Waals surface area contributed by atoms with E-state index in [1.165, 1.54) is 0 Å². The Bertz CT molecular complexity index is 702. The topological polar surface area (TPSA) is 99.7 Å². The van der Waals surface area contributed by atoms with E-state index in [2.05, 4.69) is 21.9 Å². The summed E-state index contributed by atoms with van der Waals surface area (Å²) in [6.07, 6.45) is 6.05. The lowest BCUT2D eigenvalue weighted by molar-refractivity contribution is -0.124. The van der Waals surface area contributed by atoms with Crippen LogP contribution in [0.1, 0.15) is 38.7 Å². The number of terminal acetylenes is 1. The minimum atomic E-state index is -0.749. The molecule has 1 fully saturated rings. The lowest BCUT2D eigenvalue weighted by Crippen LogP contribution is -2.50. The van der Waals surface area contributed by atoms with E-state index >= 15 is 0 Å². The van der Waals surface area contributed by atoms with Crippen molar-refractivity contribution in [3.63, 3.8) is 0 Å². The molecule has 2 amide bonds. The Balaban J connectivity index is 1.90. The van der Waals surface area contributed by atoms with E-state index in [1.807, 2.05) is 44.2 Å². The van der Waals surface area contributed by atoms with Crippen LogP contribution in [0.2, 0.25) is 0 Å². The van der Waals surface area contributed by atoms with Gasteiger partial charge < -0.3 is 20.5 Å². The Hall–Kier alpha value is -2.56. The number of carbonyl (C=O) groups is 2. The lowest BCUT2D eigenvalue weighted by Gasteiger charge is -2.24. The molecule has 0 aliphatic carbocycles. The van der Waals surface area contributed by atoms with Gasteiger partial charge in [-0.05, 0) is 37.3 Å². The molecule has 4 atom stereocenters. The zero-order chi connectivity index (χ0) is 21.2. The molecule has 1 aromatic carbocycles. The monoisotopic (exact) mass is 401 g/mol. The molecule has 1 aromatic rings. The third-order valence-corrected chi connectivity index (χ3v) is 4.90. The maximum atomic E-state index is 12.8. The zero-order valence-electron chi connectivity index (χ0n) is 17.1. The maximum absolute atomic E-state index is 12.8. The summed E-state index contributed by atoms with van der Waals surface area (Å²) in [7, 11) is 0. The number of alkyl carbamates (subject to hydrolysis) is 1. The first-order valence-electron chi connectivity index (χ1n) is 10.0. The van der Waals surface area contributed by atoms with Gasteiger partial charge in [-0.1, -0.05) is 50.1 Å². The second-order valence-corrected chi connectivity index (χ2v) is 7.80. The van der Waals surface area contributed by atoms with Crippen molar-refractivity contribution in [1.82, 2.24) is 16.0 Å². The maximum Gasteiger partial charge on any atom is 0.408 e. The standard InChI is InChI=1S/C22H31N3O4/c1-4-18(13-17-10-11-23-20(17)26)24-21(27)19(12-15(2)3)25-22(28)29-14-16-8-6-5-7-9-16/h1,5-9,15,17-20,23,26H,10-14H2,2-3H3,(H,24,27)(H,25,28)/t17-,18+,19-,20?/m0/s1. The van der Waals surface area contributed by atoms with Gasteiger partial charge in [0, 0.05) is 5.92 Å². The molecular weight excluding hydrogens is 370 g/mol. The van der Waals surface area contributed by atoms with Gasteiger partial charge in [0.1, 0.15) is 18.9 Å². The SMILES string of the molecule is C#C[C@H](C[C@@H]1CCNC1O)NC(=O)[C@H](CC(C)C)NC(=O)OCc1ccccc1. The van der Waals surface area contributed by atoms with E-state index in [9.17, 15) is 14.7 Å². The van der Waals surface area contributed by atoms with Gasteiger partial charge in [-0.15, -0.1) is 6.42 Å². The minimum absolute atomic E-state index is 0.0105. The van der Waals surface area contributed by atoms with Gasteiger partial charge in [-0.2, -0.15) is 0 Å². The molecule has 4 N–H and O–H groups in total. The van der Waals surface area contributed by atoms with Crippen molar-refractivity contribution in [1.29, 1.82) is 0 Å². The van der Waals surface area contributed by atoms with Gasteiger partial charge in [0.25, 0.3) is 0 Å². The number of ether oxygens (including phenoxy) is 1. The van der Waals surface area contributed by atoms with Gasteiger partial charge >= 0.3 is 6.09 Å². The van der Waals surface area contributed by atoms with E-state index in [0.717, 1.165) is 18.5 Å². The van der Waals surface area contributed by atoms with Crippen molar-refractivity contribution in [3.8, 4) is 12.3 Å². The summed E-state index contributed by atoms with van der Waals surface area (Å²) in [5, 5.41) is 18.3. The molecule has 0 spiro atoms. The number of aliphatic hydroxyl groups excluding tert-OH is 1. The molecule has 1 heterocycles. The van der Waals surface area contributed by atoms with Crippen LogP contribution in [0.15, 0.2) is 30.3 Å². The van der Waals surface area contributed by atoms with E-state index < -0.39 is 24.4 Å². The van der Waals surface area contributed by atoms with Crippen LogP contribution in [0.25, 0.3) is 0 Å². The van der Waals surface area contributed by atoms with E-state index in [4.69, 9.17) is 11.2 Å². The molecule has 29 heavy (non-hydrogen) atoms. The molecule has 1 aliphatic rings. The predicted molar refractivity (Wildman–Crippen MR) is 111 cm³/mol. The van der Waals surface area contributed by atoms with Crippen molar-refractivity contribution in [3.05, 3.63) is 35.9 Å². The normalized spacial score (nSPS) is 20.5. The highest BCUT2D eigenvalue weighted by molar-refractivity contribution is 5.86. The molecule has 7 heteroatoms. The van der Waals surface area contributed by atoms with Gasteiger partial charge in [-0.25, -0.2) is 4.79 Å². The first-order valence-corrected chi connectivity index (χ1v) is 10.0. The zero-order valence-corrected chi connectivity index (χ0v) is 17.1. The molecule has 0 aromatic heterocycles. The molecule has 158 valence electrons. The number of aliphatic hydroxyl groups is 1. The molecule has 0 saturated carbocycles. The van der Waals surface area contributed by atoms with Crippen LogP contribution in [-0.2, 0) is 16.1 Å². The highest BCUT2D eigenvalue weighted by Crippen LogP contribution is 2.19. The van der Waals surface area contributed by atoms with Crippen molar-refractivity contribution in [2.75, 3.05) is 6.54 Å². The van der Waals surface area contributed by atoms with Crippen molar-refractivity contribution in [2.24, 2.45) is 11.8 Å². The summed E-state index contributed by atoms with van der Waals surface area (Å²) >= 11 is 0. The number of benzene rings is 1. The average molecular weight is 402 g/mol. The van der Waals surface area contributed by atoms with Crippen LogP contribution in [-0.4, -0.2) is 42.0 Å².